The first-order valence-corrected chi connectivity index (χ1v) is 13.9. The lowest BCUT2D eigenvalue weighted by Gasteiger charge is -2.41. The van der Waals surface area contributed by atoms with Crippen molar-refractivity contribution in [2.45, 2.75) is 83.8 Å². The van der Waals surface area contributed by atoms with Gasteiger partial charge in [-0.2, -0.15) is 0 Å². The third kappa shape index (κ3) is 6.60. The predicted octanol–water partition coefficient (Wildman–Crippen LogP) is 5.66. The summed E-state index contributed by atoms with van der Waals surface area (Å²) in [6.07, 6.45) is 7.66. The number of rotatable bonds is 7. The second-order valence-electron chi connectivity index (χ2n) is 10.9. The molecule has 0 spiro atoms. The van der Waals surface area contributed by atoms with Crippen LogP contribution in [0.5, 0.6) is 0 Å². The molecular formula is C28H40N2O3S. The van der Waals surface area contributed by atoms with Crippen LogP contribution in [0.2, 0.25) is 0 Å². The number of hydrogen-bond acceptors (Lipinski definition) is 5. The lowest BCUT2D eigenvalue weighted by Crippen LogP contribution is -2.49. The van der Waals surface area contributed by atoms with E-state index in [1.54, 1.807) is 11.3 Å². The van der Waals surface area contributed by atoms with Gasteiger partial charge in [0.25, 0.3) is 0 Å². The first kappa shape index (κ1) is 25.2. The predicted molar refractivity (Wildman–Crippen MR) is 139 cm³/mol. The maximum Gasteiger partial charge on any atom is 0.307 e. The van der Waals surface area contributed by atoms with Crippen molar-refractivity contribution in [1.29, 1.82) is 0 Å². The van der Waals surface area contributed by atoms with E-state index in [1.165, 1.54) is 48.0 Å². The van der Waals surface area contributed by atoms with Gasteiger partial charge in [-0.1, -0.05) is 24.6 Å². The maximum atomic E-state index is 13.6. The third-order valence-corrected chi connectivity index (χ3v) is 8.20. The monoisotopic (exact) mass is 484 g/mol. The summed E-state index contributed by atoms with van der Waals surface area (Å²) in [7, 11) is 0. The van der Waals surface area contributed by atoms with Gasteiger partial charge in [-0.05, 0) is 94.8 Å². The molecule has 0 N–H and O–H groups in total. The van der Waals surface area contributed by atoms with Gasteiger partial charge in [-0.15, -0.1) is 11.3 Å². The van der Waals surface area contributed by atoms with E-state index in [-0.39, 0.29) is 24.2 Å². The average molecular weight is 485 g/mol. The fourth-order valence-electron chi connectivity index (χ4n) is 5.45. The Bertz CT molecular complexity index is 965. The van der Waals surface area contributed by atoms with Gasteiger partial charge in [-0.3, -0.25) is 9.59 Å². The number of thiophene rings is 1. The van der Waals surface area contributed by atoms with E-state index in [4.69, 9.17) is 4.74 Å². The van der Waals surface area contributed by atoms with Crippen molar-refractivity contribution in [2.24, 2.45) is 5.92 Å². The summed E-state index contributed by atoms with van der Waals surface area (Å²) >= 11 is 1.75. The lowest BCUT2D eigenvalue weighted by molar-refractivity contribution is -0.158. The van der Waals surface area contributed by atoms with Crippen LogP contribution < -0.4 is 0 Å². The van der Waals surface area contributed by atoms with E-state index in [0.717, 1.165) is 32.4 Å². The lowest BCUT2D eigenvalue weighted by atomic mass is 9.93. The van der Waals surface area contributed by atoms with Crippen LogP contribution in [-0.4, -0.2) is 59.5 Å². The summed E-state index contributed by atoms with van der Waals surface area (Å²) in [5, 5.41) is 3.46. The summed E-state index contributed by atoms with van der Waals surface area (Å²) < 4.78 is 6.87. The van der Waals surface area contributed by atoms with Crippen LogP contribution in [0, 0.1) is 5.92 Å². The molecule has 0 radical (unpaired) electrons. The number of aryl methyl sites for hydroxylation is 1. The Morgan fingerprint density at radius 1 is 1.06 bits per heavy atom. The quantitative estimate of drug-likeness (QED) is 0.476. The van der Waals surface area contributed by atoms with Crippen molar-refractivity contribution in [1.82, 2.24) is 9.80 Å². The Morgan fingerprint density at radius 3 is 2.47 bits per heavy atom. The topological polar surface area (TPSA) is 49.9 Å². The maximum absolute atomic E-state index is 13.6. The number of likely N-dealkylation sites (tertiary alicyclic amines) is 2. The zero-order valence-corrected chi connectivity index (χ0v) is 21.9. The van der Waals surface area contributed by atoms with Crippen LogP contribution >= 0.6 is 11.3 Å². The average Bonchev–Trinajstić information content (AvgIpc) is 3.24. The summed E-state index contributed by atoms with van der Waals surface area (Å²) in [6.45, 7) is 9.64. The number of hydrogen-bond donors (Lipinski definition) is 0. The molecule has 1 atom stereocenters. The van der Waals surface area contributed by atoms with Crippen molar-refractivity contribution in [3.8, 4) is 0 Å². The standard InChI is InChI=1S/C28H40N2O3S/c1-28(2,3)33-26(31)19-21(11-12-22-20-34-25-10-6-5-9-24(22)25)27(32)30-17-13-23(14-18-30)29-15-7-4-8-16-29/h5-6,9-10,20-21,23H,4,7-8,11-19H2,1-3H3/t21-/m0/s1. The summed E-state index contributed by atoms with van der Waals surface area (Å²) in [5.41, 5.74) is 0.729. The van der Waals surface area contributed by atoms with Crippen molar-refractivity contribution >= 4 is 33.3 Å². The minimum absolute atomic E-state index is 0.127. The molecule has 0 unspecified atom stereocenters. The van der Waals surface area contributed by atoms with Gasteiger partial charge in [0.05, 0.1) is 6.42 Å². The normalized spacial score (nSPS) is 19.3. The molecule has 6 heteroatoms. The number of benzene rings is 1. The van der Waals surface area contributed by atoms with Crippen LogP contribution in [-0.2, 0) is 20.7 Å². The fourth-order valence-corrected chi connectivity index (χ4v) is 6.44. The molecule has 5 nitrogen and oxygen atoms in total. The second kappa shape index (κ2) is 11.2. The molecule has 0 bridgehead atoms. The van der Waals surface area contributed by atoms with Gasteiger partial charge in [-0.25, -0.2) is 0 Å². The SMILES string of the molecule is CC(C)(C)OC(=O)C[C@H](CCc1csc2ccccc12)C(=O)N1CCC(N2CCCCC2)CC1. The highest BCUT2D eigenvalue weighted by molar-refractivity contribution is 7.17. The zero-order chi connectivity index (χ0) is 24.1. The van der Waals surface area contributed by atoms with E-state index in [9.17, 15) is 9.59 Å². The minimum Gasteiger partial charge on any atom is -0.460 e. The van der Waals surface area contributed by atoms with Gasteiger partial charge < -0.3 is 14.5 Å². The van der Waals surface area contributed by atoms with Gasteiger partial charge in [0.2, 0.25) is 5.91 Å². The second-order valence-corrected chi connectivity index (χ2v) is 11.8. The van der Waals surface area contributed by atoms with Crippen LogP contribution in [0.3, 0.4) is 0 Å². The van der Waals surface area contributed by atoms with Gasteiger partial charge in [0.15, 0.2) is 0 Å². The number of fused-ring (bicyclic) bond motifs is 1. The summed E-state index contributed by atoms with van der Waals surface area (Å²) in [6, 6.07) is 9.02. The number of amides is 1. The molecule has 1 amide bonds. The molecule has 186 valence electrons. The minimum atomic E-state index is -0.541. The molecule has 0 saturated carbocycles. The zero-order valence-electron chi connectivity index (χ0n) is 21.1. The Balaban J connectivity index is 1.40. The number of carbonyl (C=O) groups excluding carboxylic acids is 2. The molecule has 2 aromatic rings. The molecule has 2 aliphatic heterocycles. The van der Waals surface area contributed by atoms with Gasteiger partial charge in [0.1, 0.15) is 5.60 Å². The summed E-state index contributed by atoms with van der Waals surface area (Å²) in [5.74, 6) is -0.480. The van der Waals surface area contributed by atoms with Crippen molar-refractivity contribution in [3.05, 3.63) is 35.2 Å². The third-order valence-electron chi connectivity index (χ3n) is 7.19. The molecule has 1 aromatic heterocycles. The highest BCUT2D eigenvalue weighted by atomic mass is 32.1. The molecule has 3 heterocycles. The number of piperidine rings is 2. The van der Waals surface area contributed by atoms with Crippen molar-refractivity contribution in [3.63, 3.8) is 0 Å². The molecule has 4 rings (SSSR count). The van der Waals surface area contributed by atoms with E-state index in [0.29, 0.717) is 12.5 Å². The Kier molecular flexibility index (Phi) is 8.30. The highest BCUT2D eigenvalue weighted by Gasteiger charge is 2.33. The van der Waals surface area contributed by atoms with Gasteiger partial charge in [0, 0.05) is 29.7 Å². The Morgan fingerprint density at radius 2 is 1.76 bits per heavy atom. The number of nitrogens with zero attached hydrogens (tertiary/aromatic N) is 2. The molecule has 34 heavy (non-hydrogen) atoms. The molecule has 2 aliphatic rings. The van der Waals surface area contributed by atoms with E-state index in [1.807, 2.05) is 25.7 Å². The van der Waals surface area contributed by atoms with Crippen LogP contribution in [0.1, 0.15) is 71.3 Å². The van der Waals surface area contributed by atoms with E-state index in [2.05, 4.69) is 34.5 Å². The molecule has 0 aliphatic carbocycles. The summed E-state index contributed by atoms with van der Waals surface area (Å²) in [4.78, 5) is 30.9. The van der Waals surface area contributed by atoms with Crippen LogP contribution in [0.25, 0.3) is 10.1 Å². The Hall–Kier alpha value is -1.92. The van der Waals surface area contributed by atoms with Crippen LogP contribution in [0.4, 0.5) is 0 Å². The number of carbonyl (C=O) groups is 2. The Labute approximate surface area is 208 Å². The number of esters is 1. The molecular weight excluding hydrogens is 444 g/mol. The number of ether oxygens (including phenoxy) is 1. The highest BCUT2D eigenvalue weighted by Crippen LogP contribution is 2.29. The first-order chi connectivity index (χ1) is 16.3. The first-order valence-electron chi connectivity index (χ1n) is 13.0. The van der Waals surface area contributed by atoms with Crippen molar-refractivity contribution < 1.29 is 14.3 Å². The van der Waals surface area contributed by atoms with Crippen molar-refractivity contribution in [2.75, 3.05) is 26.2 Å². The van der Waals surface area contributed by atoms with Crippen LogP contribution in [0.15, 0.2) is 29.6 Å². The fraction of sp³-hybridized carbons (Fsp3) is 0.643. The molecule has 2 fully saturated rings. The molecule has 1 aromatic carbocycles. The van der Waals surface area contributed by atoms with E-state index < -0.39 is 5.60 Å². The van der Waals surface area contributed by atoms with Gasteiger partial charge >= 0.3 is 5.97 Å². The van der Waals surface area contributed by atoms with E-state index >= 15 is 0 Å². The largest absolute Gasteiger partial charge is 0.460 e. The molecule has 2 saturated heterocycles. The smallest absolute Gasteiger partial charge is 0.307 e.